The average Bonchev–Trinajstić information content (AvgIpc) is 3.93. The lowest BCUT2D eigenvalue weighted by Crippen LogP contribution is -2.35. The van der Waals surface area contributed by atoms with Gasteiger partial charge in [0.25, 0.3) is 11.8 Å². The third-order valence-corrected chi connectivity index (χ3v) is 9.73. The second-order valence-electron chi connectivity index (χ2n) is 13.5. The van der Waals surface area contributed by atoms with Crippen LogP contribution in [0.15, 0.2) is 48.5 Å². The molecule has 0 saturated carbocycles. The number of aryl methyl sites for hydroxylation is 6. The smallest absolute Gasteiger partial charge is 0.276 e. The number of carbonyl (C=O) groups is 3. The van der Waals surface area contributed by atoms with E-state index in [2.05, 4.69) is 36.4 Å². The topological polar surface area (TPSA) is 185 Å². The molecule has 0 atom stereocenters. The maximum atomic E-state index is 13.7. The van der Waals surface area contributed by atoms with E-state index in [-0.39, 0.29) is 19.2 Å². The summed E-state index contributed by atoms with van der Waals surface area (Å²) >= 11 is 0. The Labute approximate surface area is 319 Å². The van der Waals surface area contributed by atoms with Crippen LogP contribution in [0.5, 0.6) is 0 Å². The molecule has 1 aliphatic rings. The number of morpholine rings is 1. The molecule has 6 aromatic rings. The molecule has 5 heterocycles. The number of aromatic nitrogens is 8. The van der Waals surface area contributed by atoms with Gasteiger partial charge in [-0.05, 0) is 82.5 Å². The van der Waals surface area contributed by atoms with Crippen LogP contribution in [0.4, 0.5) is 11.9 Å². The molecule has 0 aliphatic carbocycles. The molecule has 0 spiro atoms. The van der Waals surface area contributed by atoms with Crippen LogP contribution in [0, 0.1) is 13.8 Å². The number of benzene rings is 2. The highest BCUT2D eigenvalue weighted by Crippen LogP contribution is 2.27. The van der Waals surface area contributed by atoms with Crippen LogP contribution in [0.1, 0.15) is 82.4 Å². The zero-order valence-electron chi connectivity index (χ0n) is 31.1. The Hall–Kier alpha value is -5.87. The molecule has 16 heteroatoms. The summed E-state index contributed by atoms with van der Waals surface area (Å²) in [6, 6.07) is 14.8. The summed E-state index contributed by atoms with van der Waals surface area (Å²) in [5.74, 6) is -0.341. The third kappa shape index (κ3) is 8.15. The maximum absolute atomic E-state index is 13.7. The van der Waals surface area contributed by atoms with Crippen molar-refractivity contribution in [1.29, 1.82) is 0 Å². The molecular weight excluding hydrogens is 701 g/mol. The number of carbonyl (C=O) groups excluding carboxylic acids is 3. The number of nitrogens with two attached hydrogens (primary N) is 1. The van der Waals surface area contributed by atoms with Gasteiger partial charge < -0.3 is 19.6 Å². The summed E-state index contributed by atoms with van der Waals surface area (Å²) in [4.78, 5) is 51.2. The highest BCUT2D eigenvalue weighted by Gasteiger charge is 2.22. The average molecular weight is 751 g/mol. The number of rotatable bonds is 14. The Bertz CT molecular complexity index is 2340. The number of nitrogens with zero attached hydrogens (tertiary/aromatic N) is 9. The molecule has 7 rings (SSSR count). The third-order valence-electron chi connectivity index (χ3n) is 9.73. The highest BCUT2D eigenvalue weighted by atomic mass is 16.5. The van der Waals surface area contributed by atoms with E-state index in [1.165, 1.54) is 0 Å². The molecule has 0 bridgehead atoms. The molecule has 0 radical (unpaired) electrons. The Morgan fingerprint density at radius 3 is 1.95 bits per heavy atom. The zero-order valence-corrected chi connectivity index (χ0v) is 31.1. The number of amides is 3. The Morgan fingerprint density at radius 1 is 0.782 bits per heavy atom. The van der Waals surface area contributed by atoms with Gasteiger partial charge in [-0.3, -0.25) is 39.3 Å². The van der Waals surface area contributed by atoms with E-state index in [1.807, 2.05) is 44.4 Å². The largest absolute Gasteiger partial charge is 0.379 e. The number of nitrogens with one attached hydrogen (secondary N) is 2. The lowest BCUT2D eigenvalue weighted by Gasteiger charge is -2.26. The van der Waals surface area contributed by atoms with Crippen molar-refractivity contribution in [2.75, 3.05) is 36.9 Å². The molecule has 1 saturated heterocycles. The number of para-hydroxylation sites is 1. The first kappa shape index (κ1) is 38.8. The van der Waals surface area contributed by atoms with Crippen molar-refractivity contribution in [1.82, 2.24) is 43.6 Å². The van der Waals surface area contributed by atoms with E-state index < -0.39 is 5.91 Å². The SMILES string of the molecule is C.CCn1nc(C)cc1C(=O)Nc1nc2cc(C(N)=O)ccc2n1CCCCn1c(NC(=O)c2cc(C)nn2CC)nc2c(CN3CCOCC3)cccc21. The molecule has 1 fully saturated rings. The van der Waals surface area contributed by atoms with Crippen molar-refractivity contribution in [3.63, 3.8) is 0 Å². The quantitative estimate of drug-likeness (QED) is 0.129. The molecule has 4 aromatic heterocycles. The van der Waals surface area contributed by atoms with Crippen molar-refractivity contribution in [2.24, 2.45) is 5.73 Å². The fourth-order valence-corrected chi connectivity index (χ4v) is 7.07. The van der Waals surface area contributed by atoms with E-state index in [4.69, 9.17) is 20.4 Å². The first-order valence-corrected chi connectivity index (χ1v) is 18.4. The molecule has 1 aliphatic heterocycles. The highest BCUT2D eigenvalue weighted by molar-refractivity contribution is 6.04. The Balaban J connectivity index is 0.00000514. The number of primary amides is 1. The van der Waals surface area contributed by atoms with Gasteiger partial charge in [0.2, 0.25) is 17.8 Å². The van der Waals surface area contributed by atoms with Crippen molar-refractivity contribution < 1.29 is 19.1 Å². The summed E-state index contributed by atoms with van der Waals surface area (Å²) in [5.41, 5.74) is 12.5. The lowest BCUT2D eigenvalue weighted by molar-refractivity contribution is 0.0343. The Morgan fingerprint density at radius 2 is 1.36 bits per heavy atom. The van der Waals surface area contributed by atoms with Gasteiger partial charge in [-0.15, -0.1) is 0 Å². The van der Waals surface area contributed by atoms with Crippen LogP contribution in [0.2, 0.25) is 0 Å². The molecule has 3 amide bonds. The van der Waals surface area contributed by atoms with E-state index in [9.17, 15) is 14.4 Å². The molecule has 4 N–H and O–H groups in total. The van der Waals surface area contributed by atoms with Crippen LogP contribution >= 0.6 is 0 Å². The van der Waals surface area contributed by atoms with Gasteiger partial charge in [-0.25, -0.2) is 9.97 Å². The minimum atomic E-state index is -0.558. The minimum absolute atomic E-state index is 0. The molecule has 16 nitrogen and oxygen atoms in total. The van der Waals surface area contributed by atoms with Gasteiger partial charge >= 0.3 is 0 Å². The monoisotopic (exact) mass is 750 g/mol. The van der Waals surface area contributed by atoms with Gasteiger partial charge in [0.1, 0.15) is 11.4 Å². The minimum Gasteiger partial charge on any atom is -0.379 e. The second kappa shape index (κ2) is 16.7. The predicted molar refractivity (Wildman–Crippen MR) is 211 cm³/mol. The van der Waals surface area contributed by atoms with Gasteiger partial charge in [0.05, 0.1) is 46.7 Å². The van der Waals surface area contributed by atoms with Crippen molar-refractivity contribution in [2.45, 2.75) is 80.7 Å². The van der Waals surface area contributed by atoms with E-state index in [0.29, 0.717) is 86.6 Å². The number of ether oxygens (including phenoxy) is 1. The van der Waals surface area contributed by atoms with Crippen LogP contribution in [-0.2, 0) is 37.5 Å². The van der Waals surface area contributed by atoms with Gasteiger partial charge in [-0.1, -0.05) is 19.6 Å². The first-order valence-electron chi connectivity index (χ1n) is 18.4. The zero-order chi connectivity index (χ0) is 37.9. The molecular formula is C39H50N12O4. The van der Waals surface area contributed by atoms with Crippen LogP contribution in [0.3, 0.4) is 0 Å². The standard InChI is InChI=1S/C38H46N12O4.CH4/c1-5-49-31(20-24(3)44-49)35(52)42-37-40-28-22-26(34(39)51)12-13-29(28)47(37)14-7-8-15-48-30-11-9-10-27(23-46-16-18-54-19-17-46)33(30)41-38(48)43-36(53)32-21-25(4)45-50(32)6-2;/h9-13,20-22H,5-8,14-19,23H2,1-4H3,(H2,39,51)(H,40,42,52)(H,41,43,53);1H4. The van der Waals surface area contributed by atoms with Gasteiger partial charge in [-0.2, -0.15) is 10.2 Å². The molecule has 0 unspecified atom stereocenters. The van der Waals surface area contributed by atoms with Crippen LogP contribution in [-0.4, -0.2) is 87.6 Å². The molecule has 2 aromatic carbocycles. The molecule has 290 valence electrons. The number of hydrogen-bond donors (Lipinski definition) is 3. The van der Waals surface area contributed by atoms with Crippen molar-refractivity contribution in [3.05, 3.63) is 82.4 Å². The number of unbranched alkanes of at least 4 members (excludes halogenated alkanes) is 1. The first-order chi connectivity index (χ1) is 26.1. The number of fused-ring (bicyclic) bond motifs is 2. The van der Waals surface area contributed by atoms with E-state index >= 15 is 0 Å². The van der Waals surface area contributed by atoms with Crippen molar-refractivity contribution >= 4 is 51.7 Å². The summed E-state index contributed by atoms with van der Waals surface area (Å²) in [6.07, 6.45) is 1.41. The fourth-order valence-electron chi connectivity index (χ4n) is 7.07. The summed E-state index contributed by atoms with van der Waals surface area (Å²) in [7, 11) is 0. The fraction of sp³-hybridized carbons (Fsp3) is 0.410. The van der Waals surface area contributed by atoms with Crippen molar-refractivity contribution in [3.8, 4) is 0 Å². The predicted octanol–water partition coefficient (Wildman–Crippen LogP) is 4.99. The number of hydrogen-bond acceptors (Lipinski definition) is 9. The second-order valence-corrected chi connectivity index (χ2v) is 13.5. The normalized spacial score (nSPS) is 13.3. The van der Waals surface area contributed by atoms with Crippen LogP contribution < -0.4 is 16.4 Å². The van der Waals surface area contributed by atoms with E-state index in [1.54, 1.807) is 39.7 Å². The van der Waals surface area contributed by atoms with Gasteiger partial charge in [0, 0.05) is 51.4 Å². The Kier molecular flexibility index (Phi) is 11.8. The summed E-state index contributed by atoms with van der Waals surface area (Å²) in [6.45, 7) is 13.6. The summed E-state index contributed by atoms with van der Waals surface area (Å²) < 4.78 is 12.9. The van der Waals surface area contributed by atoms with E-state index in [0.717, 1.165) is 53.1 Å². The van der Waals surface area contributed by atoms with Crippen LogP contribution in [0.25, 0.3) is 22.1 Å². The lowest BCUT2D eigenvalue weighted by atomic mass is 10.1. The molecule has 55 heavy (non-hydrogen) atoms. The number of anilines is 2. The van der Waals surface area contributed by atoms with Gasteiger partial charge in [0.15, 0.2) is 0 Å². The number of imidazole rings is 2. The summed E-state index contributed by atoms with van der Waals surface area (Å²) in [5, 5.41) is 15.0. The maximum Gasteiger partial charge on any atom is 0.276 e.